The van der Waals surface area contributed by atoms with E-state index in [1.807, 2.05) is 0 Å². The van der Waals surface area contributed by atoms with Gasteiger partial charge in [-0.15, -0.1) is 11.3 Å². The number of carbonyl (C=O) groups is 1. The molecule has 2 aliphatic rings. The highest BCUT2D eigenvalue weighted by Crippen LogP contribution is 2.37. The third kappa shape index (κ3) is 4.96. The number of aromatic nitrogens is 1. The zero-order valence-corrected chi connectivity index (χ0v) is 19.6. The second-order valence-corrected chi connectivity index (χ2v) is 11.2. The Morgan fingerprint density at radius 2 is 1.87 bits per heavy atom. The normalized spacial score (nSPS) is 22.1. The van der Waals surface area contributed by atoms with Crippen LogP contribution in [0.3, 0.4) is 0 Å². The highest BCUT2D eigenvalue weighted by Gasteiger charge is 2.44. The van der Waals surface area contributed by atoms with E-state index in [9.17, 15) is 13.2 Å². The second kappa shape index (κ2) is 9.95. The number of benzene rings is 1. The Morgan fingerprint density at radius 1 is 1.13 bits per heavy atom. The minimum atomic E-state index is -3.99. The van der Waals surface area contributed by atoms with Gasteiger partial charge in [0, 0.05) is 30.9 Å². The van der Waals surface area contributed by atoms with Crippen molar-refractivity contribution in [1.29, 1.82) is 0 Å². The average Bonchev–Trinajstić information content (AvgIpc) is 3.22. The number of rotatable bonds is 6. The lowest BCUT2D eigenvalue weighted by Gasteiger charge is -2.42. The summed E-state index contributed by atoms with van der Waals surface area (Å²) < 4.78 is 29.5. The van der Waals surface area contributed by atoms with Crippen LogP contribution in [0.1, 0.15) is 49.6 Å². The Balaban J connectivity index is 1.85. The average molecular weight is 483 g/mol. The second-order valence-electron chi connectivity index (χ2n) is 7.97. The van der Waals surface area contributed by atoms with Gasteiger partial charge >= 0.3 is 0 Å². The van der Waals surface area contributed by atoms with Gasteiger partial charge in [0.2, 0.25) is 15.9 Å². The Morgan fingerprint density at radius 3 is 2.55 bits per heavy atom. The van der Waals surface area contributed by atoms with Crippen LogP contribution in [0.2, 0.25) is 5.02 Å². The molecule has 0 saturated carbocycles. The predicted molar refractivity (Wildman–Crippen MR) is 121 cm³/mol. The van der Waals surface area contributed by atoms with Crippen LogP contribution in [0.15, 0.2) is 40.9 Å². The molecule has 0 aliphatic carbocycles. The first-order valence-corrected chi connectivity index (χ1v) is 13.4. The van der Waals surface area contributed by atoms with Gasteiger partial charge in [-0.05, 0) is 56.4 Å². The molecule has 2 saturated heterocycles. The molecule has 3 heterocycles. The quantitative estimate of drug-likeness (QED) is 0.679. The molecule has 1 aromatic carbocycles. The van der Waals surface area contributed by atoms with Crippen molar-refractivity contribution in [2.75, 3.05) is 19.6 Å². The molecule has 2 atom stereocenters. The Bertz CT molecular complexity index is 977. The van der Waals surface area contributed by atoms with E-state index in [0.717, 1.165) is 50.1 Å². The lowest BCUT2D eigenvalue weighted by atomic mass is 10.1. The van der Waals surface area contributed by atoms with Gasteiger partial charge in [0.25, 0.3) is 0 Å². The third-order valence-electron chi connectivity index (χ3n) is 5.89. The molecule has 0 radical (unpaired) electrons. The number of halogens is 1. The van der Waals surface area contributed by atoms with Crippen molar-refractivity contribution in [1.82, 2.24) is 19.5 Å². The van der Waals surface area contributed by atoms with E-state index in [0.29, 0.717) is 18.0 Å². The molecule has 2 unspecified atom stereocenters. The van der Waals surface area contributed by atoms with Gasteiger partial charge in [-0.3, -0.25) is 14.7 Å². The maximum absolute atomic E-state index is 14.0. The van der Waals surface area contributed by atoms with Crippen LogP contribution in [0.25, 0.3) is 0 Å². The van der Waals surface area contributed by atoms with E-state index < -0.39 is 22.2 Å². The molecule has 0 spiro atoms. The van der Waals surface area contributed by atoms with E-state index in [4.69, 9.17) is 11.6 Å². The van der Waals surface area contributed by atoms with E-state index in [1.165, 1.54) is 27.8 Å². The monoisotopic (exact) mass is 482 g/mol. The zero-order valence-electron chi connectivity index (χ0n) is 17.2. The van der Waals surface area contributed by atoms with Crippen molar-refractivity contribution in [3.8, 4) is 0 Å². The van der Waals surface area contributed by atoms with Crippen molar-refractivity contribution in [3.63, 3.8) is 0 Å². The van der Waals surface area contributed by atoms with Gasteiger partial charge < -0.3 is 5.32 Å². The highest BCUT2D eigenvalue weighted by molar-refractivity contribution is 7.89. The minimum absolute atomic E-state index is 0.139. The Kier molecular flexibility index (Phi) is 7.28. The topological polar surface area (TPSA) is 82.6 Å². The van der Waals surface area contributed by atoms with Gasteiger partial charge in [-0.2, -0.15) is 4.31 Å². The van der Waals surface area contributed by atoms with Crippen molar-refractivity contribution >= 4 is 38.9 Å². The summed E-state index contributed by atoms with van der Waals surface area (Å²) in [6, 6.07) is 5.39. The molecule has 1 aromatic heterocycles. The van der Waals surface area contributed by atoms with Gasteiger partial charge in [-0.25, -0.2) is 8.42 Å². The number of nitrogens with zero attached hydrogens (tertiary/aromatic N) is 3. The largest absolute Gasteiger partial charge is 0.355 e. The molecule has 7 nitrogen and oxygen atoms in total. The smallest absolute Gasteiger partial charge is 0.245 e. The van der Waals surface area contributed by atoms with E-state index >= 15 is 0 Å². The molecular weight excluding hydrogens is 456 g/mol. The molecule has 2 aliphatic heterocycles. The van der Waals surface area contributed by atoms with Gasteiger partial charge in [0.1, 0.15) is 12.2 Å². The summed E-state index contributed by atoms with van der Waals surface area (Å²) in [5, 5.41) is 3.38. The van der Waals surface area contributed by atoms with Crippen LogP contribution < -0.4 is 5.32 Å². The summed E-state index contributed by atoms with van der Waals surface area (Å²) >= 11 is 7.44. The van der Waals surface area contributed by atoms with Crippen LogP contribution in [-0.2, 0) is 14.8 Å². The molecule has 10 heteroatoms. The summed E-state index contributed by atoms with van der Waals surface area (Å²) in [6.45, 7) is 2.13. The van der Waals surface area contributed by atoms with E-state index in [-0.39, 0.29) is 10.8 Å². The lowest BCUT2D eigenvalue weighted by molar-refractivity contribution is -0.126. The fourth-order valence-electron chi connectivity index (χ4n) is 4.35. The van der Waals surface area contributed by atoms with Crippen molar-refractivity contribution in [2.24, 2.45) is 0 Å². The van der Waals surface area contributed by atoms with Crippen LogP contribution in [-0.4, -0.2) is 54.2 Å². The first-order valence-electron chi connectivity index (χ1n) is 10.7. The molecule has 0 bridgehead atoms. The number of piperidine rings is 1. The molecule has 1 amide bonds. The third-order valence-corrected chi connectivity index (χ3v) is 8.83. The van der Waals surface area contributed by atoms with E-state index in [1.54, 1.807) is 23.8 Å². The molecule has 2 fully saturated rings. The number of hydrogen-bond donors (Lipinski definition) is 1. The first kappa shape index (κ1) is 22.7. The number of hydrogen-bond acceptors (Lipinski definition) is 6. The fraction of sp³-hybridized carbons (Fsp3) is 0.524. The molecule has 168 valence electrons. The maximum Gasteiger partial charge on any atom is 0.245 e. The fourth-order valence-corrected chi connectivity index (χ4v) is 7.06. The highest BCUT2D eigenvalue weighted by atomic mass is 35.5. The molecule has 1 N–H and O–H groups in total. The molecular formula is C21H27ClN4O3S2. The summed E-state index contributed by atoms with van der Waals surface area (Å²) in [5.41, 5.74) is 1.71. The lowest BCUT2D eigenvalue weighted by Crippen LogP contribution is -2.54. The SMILES string of the molecule is O=C1NCCCCC1N(C(c1cncs1)N1CCCCC1)S(=O)(=O)c1ccc(Cl)cc1. The molecule has 4 rings (SSSR count). The predicted octanol–water partition coefficient (Wildman–Crippen LogP) is 3.64. The van der Waals surface area contributed by atoms with Gasteiger partial charge in [0.15, 0.2) is 0 Å². The summed E-state index contributed by atoms with van der Waals surface area (Å²) in [4.78, 5) is 20.4. The van der Waals surface area contributed by atoms with Crippen molar-refractivity contribution in [2.45, 2.75) is 55.6 Å². The minimum Gasteiger partial charge on any atom is -0.355 e. The molecule has 2 aromatic rings. The number of thiazole rings is 1. The van der Waals surface area contributed by atoms with Gasteiger partial charge in [-0.1, -0.05) is 18.0 Å². The van der Waals surface area contributed by atoms with Crippen LogP contribution in [0, 0.1) is 0 Å². The summed E-state index contributed by atoms with van der Waals surface area (Å²) in [7, 11) is -3.99. The maximum atomic E-state index is 14.0. The van der Waals surface area contributed by atoms with Crippen molar-refractivity contribution < 1.29 is 13.2 Å². The van der Waals surface area contributed by atoms with Crippen molar-refractivity contribution in [3.05, 3.63) is 45.9 Å². The Hall–Kier alpha value is -1.52. The van der Waals surface area contributed by atoms with Crippen LogP contribution >= 0.6 is 22.9 Å². The van der Waals surface area contributed by atoms with Crippen LogP contribution in [0.5, 0.6) is 0 Å². The molecule has 31 heavy (non-hydrogen) atoms. The van der Waals surface area contributed by atoms with Crippen LogP contribution in [0.4, 0.5) is 0 Å². The van der Waals surface area contributed by atoms with E-state index in [2.05, 4.69) is 15.2 Å². The standard InChI is InChI=1S/C21H27ClN4O3S2/c22-16-7-9-17(10-8-16)31(28,29)26(18-6-2-3-11-24-20(18)27)21(19-14-23-15-30-19)25-12-4-1-5-13-25/h7-10,14-15,18,21H,1-6,11-13H2,(H,24,27). The number of nitrogens with one attached hydrogen (secondary N) is 1. The number of amides is 1. The summed E-state index contributed by atoms with van der Waals surface area (Å²) in [6.07, 6.45) is 6.39. The number of sulfonamides is 1. The number of carbonyl (C=O) groups excluding carboxylic acids is 1. The zero-order chi connectivity index (χ0) is 21.8. The summed E-state index contributed by atoms with van der Waals surface area (Å²) in [5.74, 6) is -0.235. The Labute approximate surface area is 192 Å². The van der Waals surface area contributed by atoms with Gasteiger partial charge in [0.05, 0.1) is 15.3 Å². The number of likely N-dealkylation sites (tertiary alicyclic amines) is 1. The first-order chi connectivity index (χ1) is 15.0.